The molecule has 2 unspecified atom stereocenters. The molecule has 0 aliphatic carbocycles. The zero-order chi connectivity index (χ0) is 14.1. The summed E-state index contributed by atoms with van der Waals surface area (Å²) in [7, 11) is 0. The van der Waals surface area contributed by atoms with Crippen LogP contribution in [0.15, 0.2) is 40.9 Å². The van der Waals surface area contributed by atoms with Crippen molar-refractivity contribution in [1.29, 1.82) is 0 Å². The minimum absolute atomic E-state index is 0.547. The van der Waals surface area contributed by atoms with Crippen LogP contribution in [0.4, 0.5) is 5.69 Å². The Kier molecular flexibility index (Phi) is 3.99. The predicted octanol–water partition coefficient (Wildman–Crippen LogP) is 4.18. The van der Waals surface area contributed by atoms with E-state index in [2.05, 4.69) is 76.4 Å². The van der Waals surface area contributed by atoms with Crippen LogP contribution in [0.1, 0.15) is 20.3 Å². The van der Waals surface area contributed by atoms with Crippen LogP contribution in [0.3, 0.4) is 0 Å². The van der Waals surface area contributed by atoms with Gasteiger partial charge in [-0.15, -0.1) is 0 Å². The third-order valence-electron chi connectivity index (χ3n) is 4.26. The van der Waals surface area contributed by atoms with Crippen LogP contribution < -0.4 is 10.2 Å². The second-order valence-corrected chi connectivity index (χ2v) is 6.61. The topological polar surface area (TPSA) is 15.3 Å². The molecule has 3 rings (SSSR count). The lowest BCUT2D eigenvalue weighted by molar-refractivity contribution is 0.397. The van der Waals surface area contributed by atoms with E-state index in [4.69, 9.17) is 0 Å². The van der Waals surface area contributed by atoms with Crippen molar-refractivity contribution in [1.82, 2.24) is 5.32 Å². The van der Waals surface area contributed by atoms with Crippen molar-refractivity contribution in [2.75, 3.05) is 18.0 Å². The maximum Gasteiger partial charge on any atom is 0.0387 e. The van der Waals surface area contributed by atoms with Crippen LogP contribution in [0.25, 0.3) is 10.8 Å². The van der Waals surface area contributed by atoms with Gasteiger partial charge in [-0.05, 0) is 48.4 Å². The number of fused-ring (bicyclic) bond motifs is 1. The molecule has 1 aliphatic heterocycles. The lowest BCUT2D eigenvalue weighted by Crippen LogP contribution is -2.55. The van der Waals surface area contributed by atoms with Gasteiger partial charge in [0.1, 0.15) is 0 Å². The van der Waals surface area contributed by atoms with Crippen LogP contribution in [0.5, 0.6) is 0 Å². The molecule has 106 valence electrons. The quantitative estimate of drug-likeness (QED) is 0.887. The molecule has 0 saturated carbocycles. The largest absolute Gasteiger partial charge is 0.366 e. The summed E-state index contributed by atoms with van der Waals surface area (Å²) >= 11 is 3.54. The summed E-state index contributed by atoms with van der Waals surface area (Å²) in [6.45, 7) is 6.71. The molecule has 2 nitrogen and oxygen atoms in total. The van der Waals surface area contributed by atoms with Crippen LogP contribution in [0.2, 0.25) is 0 Å². The first-order chi connectivity index (χ1) is 9.67. The van der Waals surface area contributed by atoms with E-state index in [1.165, 1.54) is 22.9 Å². The Hall–Kier alpha value is -1.06. The lowest BCUT2D eigenvalue weighted by Gasteiger charge is -2.40. The molecule has 2 aromatic carbocycles. The van der Waals surface area contributed by atoms with Gasteiger partial charge in [0.05, 0.1) is 0 Å². The Balaban J connectivity index is 1.94. The van der Waals surface area contributed by atoms with Crippen LogP contribution in [0, 0.1) is 0 Å². The van der Waals surface area contributed by atoms with E-state index in [1.807, 2.05) is 0 Å². The molecule has 0 aromatic heterocycles. The molecule has 0 amide bonds. The van der Waals surface area contributed by atoms with Gasteiger partial charge in [-0.2, -0.15) is 0 Å². The van der Waals surface area contributed by atoms with E-state index < -0.39 is 0 Å². The van der Waals surface area contributed by atoms with E-state index in [9.17, 15) is 0 Å². The first kappa shape index (κ1) is 13.9. The number of nitrogens with one attached hydrogen (secondary N) is 1. The number of anilines is 1. The van der Waals surface area contributed by atoms with Crippen molar-refractivity contribution in [3.05, 3.63) is 40.9 Å². The normalized spacial score (nSPS) is 23.2. The standard InChI is InChI=1S/C17H21BrN2/c1-3-16-11-20(12(2)10-19-16)17-7-5-13-8-15(18)6-4-14(13)9-17/h4-9,12,16,19H,3,10-11H2,1-2H3. The van der Waals surface area contributed by atoms with Gasteiger partial charge < -0.3 is 10.2 Å². The van der Waals surface area contributed by atoms with Crippen molar-refractivity contribution >= 4 is 32.4 Å². The molecule has 1 heterocycles. The smallest absolute Gasteiger partial charge is 0.0387 e. The molecule has 0 spiro atoms. The average molecular weight is 333 g/mol. The Bertz CT molecular complexity index is 611. The van der Waals surface area contributed by atoms with Crippen molar-refractivity contribution in [2.45, 2.75) is 32.4 Å². The van der Waals surface area contributed by atoms with Gasteiger partial charge in [0.15, 0.2) is 0 Å². The molecule has 20 heavy (non-hydrogen) atoms. The first-order valence-corrected chi connectivity index (χ1v) is 8.16. The number of hydrogen-bond donors (Lipinski definition) is 1. The van der Waals surface area contributed by atoms with Gasteiger partial charge in [0.2, 0.25) is 0 Å². The molecule has 0 bridgehead atoms. The van der Waals surface area contributed by atoms with Crippen molar-refractivity contribution in [3.8, 4) is 0 Å². The summed E-state index contributed by atoms with van der Waals surface area (Å²) in [5, 5.41) is 6.21. The Morgan fingerprint density at radius 2 is 1.95 bits per heavy atom. The molecular formula is C17H21BrN2. The van der Waals surface area contributed by atoms with E-state index in [-0.39, 0.29) is 0 Å². The highest BCUT2D eigenvalue weighted by Crippen LogP contribution is 2.27. The molecule has 2 atom stereocenters. The molecule has 1 aliphatic rings. The van der Waals surface area contributed by atoms with Gasteiger partial charge in [-0.25, -0.2) is 0 Å². The summed E-state index contributed by atoms with van der Waals surface area (Å²) < 4.78 is 1.14. The SMILES string of the molecule is CCC1CN(c2ccc3cc(Br)ccc3c2)C(C)CN1. The third-order valence-corrected chi connectivity index (χ3v) is 4.75. The van der Waals surface area contributed by atoms with Crippen LogP contribution >= 0.6 is 15.9 Å². The first-order valence-electron chi connectivity index (χ1n) is 7.36. The summed E-state index contributed by atoms with van der Waals surface area (Å²) in [5.41, 5.74) is 1.34. The number of hydrogen-bond acceptors (Lipinski definition) is 2. The number of halogens is 1. The number of rotatable bonds is 2. The number of nitrogens with zero attached hydrogens (tertiary/aromatic N) is 1. The van der Waals surface area contributed by atoms with E-state index in [0.29, 0.717) is 12.1 Å². The molecule has 1 N–H and O–H groups in total. The Morgan fingerprint density at radius 1 is 1.20 bits per heavy atom. The average Bonchev–Trinajstić information content (AvgIpc) is 2.47. The molecule has 1 saturated heterocycles. The van der Waals surface area contributed by atoms with Gasteiger partial charge in [-0.1, -0.05) is 35.0 Å². The highest BCUT2D eigenvalue weighted by atomic mass is 79.9. The fourth-order valence-electron chi connectivity index (χ4n) is 2.95. The van der Waals surface area contributed by atoms with Gasteiger partial charge >= 0.3 is 0 Å². The van der Waals surface area contributed by atoms with Crippen molar-refractivity contribution in [3.63, 3.8) is 0 Å². The van der Waals surface area contributed by atoms with Gasteiger partial charge in [-0.3, -0.25) is 0 Å². The number of piperazine rings is 1. The summed E-state index contributed by atoms with van der Waals surface area (Å²) in [6, 6.07) is 14.4. The van der Waals surface area contributed by atoms with E-state index >= 15 is 0 Å². The van der Waals surface area contributed by atoms with Crippen molar-refractivity contribution < 1.29 is 0 Å². The predicted molar refractivity (Wildman–Crippen MR) is 90.5 cm³/mol. The highest BCUT2D eigenvalue weighted by molar-refractivity contribution is 9.10. The third kappa shape index (κ3) is 2.70. The lowest BCUT2D eigenvalue weighted by atomic mass is 10.0. The van der Waals surface area contributed by atoms with Crippen LogP contribution in [-0.2, 0) is 0 Å². The summed E-state index contributed by atoms with van der Waals surface area (Å²) in [4.78, 5) is 2.53. The van der Waals surface area contributed by atoms with Crippen LogP contribution in [-0.4, -0.2) is 25.2 Å². The summed E-state index contributed by atoms with van der Waals surface area (Å²) in [6.07, 6.45) is 1.18. The fourth-order valence-corrected chi connectivity index (χ4v) is 3.32. The minimum Gasteiger partial charge on any atom is -0.366 e. The van der Waals surface area contributed by atoms with Crippen molar-refractivity contribution in [2.24, 2.45) is 0 Å². The molecule has 0 radical (unpaired) electrons. The maximum absolute atomic E-state index is 3.62. The van der Waals surface area contributed by atoms with E-state index in [0.717, 1.165) is 17.6 Å². The van der Waals surface area contributed by atoms with Gasteiger partial charge in [0, 0.05) is 35.3 Å². The minimum atomic E-state index is 0.547. The monoisotopic (exact) mass is 332 g/mol. The maximum atomic E-state index is 3.62. The second kappa shape index (κ2) is 5.74. The second-order valence-electron chi connectivity index (χ2n) is 5.69. The summed E-state index contributed by atoms with van der Waals surface area (Å²) in [5.74, 6) is 0. The fraction of sp³-hybridized carbons (Fsp3) is 0.412. The Labute approximate surface area is 129 Å². The molecule has 2 aromatic rings. The zero-order valence-electron chi connectivity index (χ0n) is 12.1. The number of benzene rings is 2. The molecular weight excluding hydrogens is 312 g/mol. The molecule has 1 fully saturated rings. The highest BCUT2D eigenvalue weighted by Gasteiger charge is 2.24. The van der Waals surface area contributed by atoms with E-state index in [1.54, 1.807) is 0 Å². The Morgan fingerprint density at radius 3 is 2.75 bits per heavy atom. The molecule has 3 heteroatoms. The van der Waals surface area contributed by atoms with Gasteiger partial charge in [0.25, 0.3) is 0 Å². The zero-order valence-corrected chi connectivity index (χ0v) is 13.7.